The lowest BCUT2D eigenvalue weighted by Crippen LogP contribution is -2.31. The van der Waals surface area contributed by atoms with Crippen LogP contribution in [0.4, 0.5) is 0 Å². The minimum absolute atomic E-state index is 0.0294. The Bertz CT molecular complexity index is 1640. The lowest BCUT2D eigenvalue weighted by Gasteiger charge is -2.40. The minimum Gasteiger partial charge on any atom is -0.294 e. The van der Waals surface area contributed by atoms with Crippen molar-refractivity contribution in [2.75, 3.05) is 0 Å². The van der Waals surface area contributed by atoms with Crippen LogP contribution in [0.3, 0.4) is 0 Å². The van der Waals surface area contributed by atoms with Crippen LogP contribution in [0.5, 0.6) is 0 Å². The molecule has 1 aliphatic carbocycles. The Labute approximate surface area is 335 Å². The number of carbonyl (C=O) groups is 1. The van der Waals surface area contributed by atoms with Crippen LogP contribution >= 0.6 is 0 Å². The number of ketones is 1. The Morgan fingerprint density at radius 2 is 0.981 bits per heavy atom. The van der Waals surface area contributed by atoms with E-state index in [1.807, 2.05) is 13.0 Å². The number of allylic oxidation sites excluding steroid dienone is 2. The van der Waals surface area contributed by atoms with Crippen LogP contribution in [0.15, 0.2) is 49.6 Å². The normalized spacial score (nSPS) is 13.7. The van der Waals surface area contributed by atoms with Gasteiger partial charge in [0.1, 0.15) is 0 Å². The quantitative estimate of drug-likeness (QED) is 0.221. The van der Waals surface area contributed by atoms with Gasteiger partial charge in [0.05, 0.1) is 0 Å². The van der Waals surface area contributed by atoms with Crippen LogP contribution in [0, 0.1) is 33.6 Å². The molecule has 3 aromatic carbocycles. The third-order valence-corrected chi connectivity index (χ3v) is 10.9. The van der Waals surface area contributed by atoms with Crippen molar-refractivity contribution in [2.45, 2.75) is 193 Å². The molecule has 1 nitrogen and oxygen atoms in total. The smallest absolute Gasteiger partial charge is 0.160 e. The van der Waals surface area contributed by atoms with E-state index in [9.17, 15) is 4.79 Å². The molecule has 1 aliphatic rings. The third-order valence-electron chi connectivity index (χ3n) is 10.9. The molecular weight excluding hydrogens is 653 g/mol. The standard InChI is InChI=1S/C30H38O.C16H26.C4H10.C3H8/c1-20(2)26-18-23(12-14-25(26)22(5)31)30(16-10-9-11-17-30)24-13-15-28(29(6,7)8)27(19-24)21(3)4;1-9(2)15-11(5)13(7)16(10(3)4)14(8)12(15)6;1-4(2)3;1-3-2/h12-15,18-19H,1,3,9-11,16-17H2,2,4-8H3;9-10H,1-8H3;4H,1-3H3;3H2,1-2H3. The van der Waals surface area contributed by atoms with Crippen molar-refractivity contribution in [1.82, 2.24) is 0 Å². The van der Waals surface area contributed by atoms with E-state index in [0.29, 0.717) is 11.8 Å². The monoisotopic (exact) mass is 735 g/mol. The zero-order valence-corrected chi connectivity index (χ0v) is 38.8. The van der Waals surface area contributed by atoms with Crippen molar-refractivity contribution < 1.29 is 4.79 Å². The predicted molar refractivity (Wildman–Crippen MR) is 245 cm³/mol. The van der Waals surface area contributed by atoms with Gasteiger partial charge in [-0.15, -0.1) is 0 Å². The summed E-state index contributed by atoms with van der Waals surface area (Å²) in [5.74, 6) is 2.18. The molecule has 0 aromatic heterocycles. The number of hydrogen-bond donors (Lipinski definition) is 0. The summed E-state index contributed by atoms with van der Waals surface area (Å²) >= 11 is 0. The number of Topliss-reactive ketones (excluding diaryl/α,β-unsaturated/α-hetero) is 1. The molecule has 0 unspecified atom stereocenters. The summed E-state index contributed by atoms with van der Waals surface area (Å²) in [6.45, 7) is 50.1. The summed E-state index contributed by atoms with van der Waals surface area (Å²) in [7, 11) is 0. The maximum Gasteiger partial charge on any atom is 0.160 e. The Kier molecular flexibility index (Phi) is 19.2. The van der Waals surface area contributed by atoms with E-state index in [0.717, 1.165) is 41.0 Å². The molecule has 0 aliphatic heterocycles. The molecule has 1 heteroatoms. The molecule has 0 bridgehead atoms. The van der Waals surface area contributed by atoms with Gasteiger partial charge >= 0.3 is 0 Å². The summed E-state index contributed by atoms with van der Waals surface area (Å²) in [5.41, 5.74) is 18.3. The van der Waals surface area contributed by atoms with E-state index < -0.39 is 0 Å². The average molecular weight is 735 g/mol. The fourth-order valence-corrected chi connectivity index (χ4v) is 8.35. The Morgan fingerprint density at radius 1 is 0.630 bits per heavy atom. The van der Waals surface area contributed by atoms with E-state index in [1.165, 1.54) is 70.2 Å². The van der Waals surface area contributed by atoms with Crippen LogP contribution in [0.2, 0.25) is 0 Å². The summed E-state index contributed by atoms with van der Waals surface area (Å²) < 4.78 is 0. The molecule has 1 saturated carbocycles. The molecule has 0 amide bonds. The molecule has 0 saturated heterocycles. The van der Waals surface area contributed by atoms with Crippen LogP contribution in [-0.4, -0.2) is 5.78 Å². The fraction of sp³-hybridized carbons (Fsp3) is 0.566. The zero-order chi connectivity index (χ0) is 41.9. The average Bonchev–Trinajstić information content (AvgIpc) is 3.07. The number of rotatable bonds is 7. The molecule has 1 fully saturated rings. The van der Waals surface area contributed by atoms with Crippen molar-refractivity contribution in [2.24, 2.45) is 5.92 Å². The van der Waals surface area contributed by atoms with Crippen molar-refractivity contribution in [3.05, 3.63) is 116 Å². The molecule has 3 aromatic rings. The van der Waals surface area contributed by atoms with E-state index >= 15 is 0 Å². The molecule has 54 heavy (non-hydrogen) atoms. The summed E-state index contributed by atoms with van der Waals surface area (Å²) in [5, 5.41) is 0. The molecule has 0 radical (unpaired) electrons. The van der Waals surface area contributed by atoms with Gasteiger partial charge in [-0.2, -0.15) is 0 Å². The lowest BCUT2D eigenvalue weighted by atomic mass is 9.64. The largest absolute Gasteiger partial charge is 0.294 e. The number of benzene rings is 3. The highest BCUT2D eigenvalue weighted by molar-refractivity contribution is 5.99. The zero-order valence-electron chi connectivity index (χ0n) is 38.8. The minimum atomic E-state index is -0.0294. The first-order valence-corrected chi connectivity index (χ1v) is 21.1. The molecule has 0 atom stereocenters. The number of carbonyl (C=O) groups excluding carboxylic acids is 1. The van der Waals surface area contributed by atoms with Gasteiger partial charge in [-0.3, -0.25) is 4.79 Å². The van der Waals surface area contributed by atoms with E-state index in [-0.39, 0.29) is 16.6 Å². The van der Waals surface area contributed by atoms with Gasteiger partial charge in [0, 0.05) is 11.0 Å². The maximum absolute atomic E-state index is 12.2. The first-order valence-electron chi connectivity index (χ1n) is 21.1. The van der Waals surface area contributed by atoms with Crippen LogP contribution in [0.25, 0.3) is 11.1 Å². The van der Waals surface area contributed by atoms with Gasteiger partial charge in [0.2, 0.25) is 0 Å². The van der Waals surface area contributed by atoms with Gasteiger partial charge < -0.3 is 0 Å². The van der Waals surface area contributed by atoms with E-state index in [1.54, 1.807) is 18.1 Å². The summed E-state index contributed by atoms with van der Waals surface area (Å²) in [6.07, 6.45) is 7.24. The van der Waals surface area contributed by atoms with Gasteiger partial charge in [0.15, 0.2) is 5.78 Å². The Morgan fingerprint density at radius 3 is 1.30 bits per heavy atom. The van der Waals surface area contributed by atoms with E-state index in [4.69, 9.17) is 0 Å². The molecule has 0 N–H and O–H groups in total. The van der Waals surface area contributed by atoms with Crippen LogP contribution < -0.4 is 0 Å². The van der Waals surface area contributed by atoms with Gasteiger partial charge in [-0.1, -0.05) is 163 Å². The molecule has 0 heterocycles. The Hall–Kier alpha value is -3.19. The van der Waals surface area contributed by atoms with Crippen molar-refractivity contribution in [3.8, 4) is 0 Å². The Balaban J connectivity index is 0.000000528. The van der Waals surface area contributed by atoms with Gasteiger partial charge in [0.25, 0.3) is 0 Å². The van der Waals surface area contributed by atoms with Crippen molar-refractivity contribution in [1.29, 1.82) is 0 Å². The second-order valence-corrected chi connectivity index (χ2v) is 18.6. The highest BCUT2D eigenvalue weighted by atomic mass is 16.1. The lowest BCUT2D eigenvalue weighted by molar-refractivity contribution is 0.101. The van der Waals surface area contributed by atoms with Gasteiger partial charge in [-0.05, 0) is 152 Å². The van der Waals surface area contributed by atoms with Gasteiger partial charge in [-0.25, -0.2) is 0 Å². The molecule has 4 rings (SSSR count). The molecule has 300 valence electrons. The second-order valence-electron chi connectivity index (χ2n) is 18.6. The van der Waals surface area contributed by atoms with Crippen LogP contribution in [-0.2, 0) is 10.8 Å². The highest BCUT2D eigenvalue weighted by Gasteiger charge is 2.37. The first-order chi connectivity index (χ1) is 24.9. The van der Waals surface area contributed by atoms with E-state index in [2.05, 4.69) is 161 Å². The molecule has 0 spiro atoms. The maximum atomic E-state index is 12.2. The first kappa shape index (κ1) is 48.8. The predicted octanol–water partition coefficient (Wildman–Crippen LogP) is 16.7. The third kappa shape index (κ3) is 12.4. The van der Waals surface area contributed by atoms with Crippen LogP contribution in [0.1, 0.15) is 226 Å². The second kappa shape index (κ2) is 21.2. The summed E-state index contributed by atoms with van der Waals surface area (Å²) in [4.78, 5) is 12.2. The number of hydrogen-bond acceptors (Lipinski definition) is 1. The fourth-order valence-electron chi connectivity index (χ4n) is 8.35. The van der Waals surface area contributed by atoms with Crippen molar-refractivity contribution >= 4 is 16.9 Å². The SMILES string of the molecule is C=C(C)c1cc(C2(c3ccc(C(C)(C)C)c(C(=C)C)c3)CCCCC2)ccc1C(C)=O.CC(C)C.CCC.Cc1c(C)c(C(C)C)c(C)c(C)c1C(C)C. The highest BCUT2D eigenvalue weighted by Crippen LogP contribution is 2.47. The topological polar surface area (TPSA) is 17.1 Å². The van der Waals surface area contributed by atoms with Crippen molar-refractivity contribution in [3.63, 3.8) is 0 Å². The summed E-state index contributed by atoms with van der Waals surface area (Å²) in [6, 6.07) is 13.5. The molecular formula is C53H82O.